The van der Waals surface area contributed by atoms with Gasteiger partial charge in [-0.3, -0.25) is 9.69 Å². The fraction of sp³-hybridized carbons (Fsp3) is 0.406. The van der Waals surface area contributed by atoms with Crippen molar-refractivity contribution in [2.45, 2.75) is 37.4 Å². The molecule has 2 aliphatic rings. The standard InChI is InChI=1S/C32H39N3O7S/c1-21-16-35(22(2)19-36)43(38,39)31-12-10-25(24-7-6-8-26(14-24)32(37)33(3)4)15-29(31)42-30(21)18-34(5)17-23-9-11-27-28(13-23)41-20-40-27/h6-15,21-22,30,36H,16-20H2,1-5H3/t21-,22-,30+/m0/s1. The van der Waals surface area contributed by atoms with Crippen LogP contribution in [0, 0.1) is 5.92 Å². The summed E-state index contributed by atoms with van der Waals surface area (Å²) in [4.78, 5) is 16.3. The van der Waals surface area contributed by atoms with Crippen LogP contribution in [-0.2, 0) is 16.6 Å². The van der Waals surface area contributed by atoms with Crippen LogP contribution in [0.5, 0.6) is 17.2 Å². The summed E-state index contributed by atoms with van der Waals surface area (Å²) in [5.41, 5.74) is 3.08. The highest BCUT2D eigenvalue weighted by molar-refractivity contribution is 7.89. The monoisotopic (exact) mass is 609 g/mol. The summed E-state index contributed by atoms with van der Waals surface area (Å²) in [6.45, 7) is 4.92. The number of benzene rings is 3. The van der Waals surface area contributed by atoms with Crippen molar-refractivity contribution in [3.63, 3.8) is 0 Å². The Labute approximate surface area is 253 Å². The molecule has 0 radical (unpaired) electrons. The maximum Gasteiger partial charge on any atom is 0.253 e. The molecule has 0 saturated carbocycles. The van der Waals surface area contributed by atoms with Gasteiger partial charge in [-0.05, 0) is 67.1 Å². The number of sulfonamides is 1. The van der Waals surface area contributed by atoms with Crippen molar-refractivity contribution >= 4 is 15.9 Å². The van der Waals surface area contributed by atoms with Crippen LogP contribution in [0.1, 0.15) is 29.8 Å². The predicted molar refractivity (Wildman–Crippen MR) is 163 cm³/mol. The van der Waals surface area contributed by atoms with E-state index in [1.807, 2.05) is 38.2 Å². The highest BCUT2D eigenvalue weighted by Crippen LogP contribution is 2.37. The molecule has 3 atom stereocenters. The Bertz CT molecular complexity index is 1590. The summed E-state index contributed by atoms with van der Waals surface area (Å²) in [6.07, 6.45) is -0.362. The number of aliphatic hydroxyl groups is 1. The first kappa shape index (κ1) is 30.8. The van der Waals surface area contributed by atoms with Gasteiger partial charge >= 0.3 is 0 Å². The van der Waals surface area contributed by atoms with Crippen LogP contribution in [0.4, 0.5) is 0 Å². The molecule has 2 heterocycles. The summed E-state index contributed by atoms with van der Waals surface area (Å²) in [5, 5.41) is 9.96. The molecular formula is C32H39N3O7S. The molecule has 0 aromatic heterocycles. The number of carbonyl (C=O) groups is 1. The van der Waals surface area contributed by atoms with Gasteiger partial charge in [-0.1, -0.05) is 31.2 Å². The number of rotatable bonds is 8. The third-order valence-corrected chi connectivity index (χ3v) is 9.92. The second kappa shape index (κ2) is 12.5. The first-order valence-corrected chi connectivity index (χ1v) is 15.7. The van der Waals surface area contributed by atoms with Gasteiger partial charge in [-0.15, -0.1) is 0 Å². The number of likely N-dealkylation sites (N-methyl/N-ethyl adjacent to an activating group) is 1. The lowest BCUT2D eigenvalue weighted by molar-refractivity contribution is 0.0734. The number of fused-ring (bicyclic) bond motifs is 2. The average molecular weight is 610 g/mol. The van der Waals surface area contributed by atoms with Crippen LogP contribution in [0.15, 0.2) is 65.6 Å². The van der Waals surface area contributed by atoms with Gasteiger partial charge in [-0.2, -0.15) is 4.31 Å². The van der Waals surface area contributed by atoms with E-state index >= 15 is 0 Å². The van der Waals surface area contributed by atoms with Crippen molar-refractivity contribution in [2.24, 2.45) is 5.92 Å². The van der Waals surface area contributed by atoms with E-state index in [9.17, 15) is 18.3 Å². The summed E-state index contributed by atoms with van der Waals surface area (Å²) < 4.78 is 46.7. The van der Waals surface area contributed by atoms with E-state index in [4.69, 9.17) is 14.2 Å². The summed E-state index contributed by atoms with van der Waals surface area (Å²) in [7, 11) is 1.41. The summed E-state index contributed by atoms with van der Waals surface area (Å²) in [5.74, 6) is 1.37. The first-order chi connectivity index (χ1) is 20.5. The average Bonchev–Trinajstić information content (AvgIpc) is 3.46. The summed E-state index contributed by atoms with van der Waals surface area (Å²) >= 11 is 0. The molecule has 10 nitrogen and oxygen atoms in total. The Balaban J connectivity index is 1.49. The fourth-order valence-corrected chi connectivity index (χ4v) is 7.26. The number of amides is 1. The van der Waals surface area contributed by atoms with E-state index < -0.39 is 16.1 Å². The maximum atomic E-state index is 13.9. The van der Waals surface area contributed by atoms with E-state index in [0.29, 0.717) is 18.7 Å². The second-order valence-electron chi connectivity index (χ2n) is 11.6. The van der Waals surface area contributed by atoms with E-state index in [-0.39, 0.29) is 48.5 Å². The first-order valence-electron chi connectivity index (χ1n) is 14.3. The SMILES string of the molecule is C[C@H]1CN([C@@H](C)CO)S(=O)(=O)c2ccc(-c3cccc(C(=O)N(C)C)c3)cc2O[C@@H]1CN(C)Cc1ccc2c(c1)OCO2. The molecule has 0 fully saturated rings. The fourth-order valence-electron chi connectivity index (χ4n) is 5.44. The maximum absolute atomic E-state index is 13.9. The van der Waals surface area contributed by atoms with Crippen LogP contribution in [0.2, 0.25) is 0 Å². The Morgan fingerprint density at radius 3 is 2.49 bits per heavy atom. The molecule has 1 amide bonds. The van der Waals surface area contributed by atoms with Crippen LogP contribution < -0.4 is 14.2 Å². The number of carbonyl (C=O) groups excluding carboxylic acids is 1. The quantitative estimate of drug-likeness (QED) is 0.412. The topological polar surface area (TPSA) is 109 Å². The molecule has 3 aromatic carbocycles. The number of hydrogen-bond acceptors (Lipinski definition) is 8. The largest absolute Gasteiger partial charge is 0.487 e. The van der Waals surface area contributed by atoms with Crippen LogP contribution in [-0.4, -0.2) is 93.3 Å². The number of aliphatic hydroxyl groups excluding tert-OH is 1. The smallest absolute Gasteiger partial charge is 0.253 e. The Kier molecular flexibility index (Phi) is 8.98. The minimum absolute atomic E-state index is 0.0485. The molecule has 0 aliphatic carbocycles. The van der Waals surface area contributed by atoms with E-state index in [0.717, 1.165) is 28.2 Å². The number of ether oxygens (including phenoxy) is 3. The Morgan fingerprint density at radius 2 is 1.74 bits per heavy atom. The molecule has 11 heteroatoms. The van der Waals surface area contributed by atoms with Crippen molar-refractivity contribution in [3.05, 3.63) is 71.8 Å². The third-order valence-electron chi connectivity index (χ3n) is 7.90. The molecule has 2 aliphatic heterocycles. The normalized spacial score (nSPS) is 20.1. The number of hydrogen-bond donors (Lipinski definition) is 1. The zero-order valence-electron chi connectivity index (χ0n) is 25.2. The molecule has 0 saturated heterocycles. The van der Waals surface area contributed by atoms with Crippen LogP contribution in [0.25, 0.3) is 11.1 Å². The highest BCUT2D eigenvalue weighted by Gasteiger charge is 2.38. The molecule has 5 rings (SSSR count). The Morgan fingerprint density at radius 1 is 1.00 bits per heavy atom. The minimum Gasteiger partial charge on any atom is -0.487 e. The van der Waals surface area contributed by atoms with Gasteiger partial charge in [-0.25, -0.2) is 8.42 Å². The lowest BCUT2D eigenvalue weighted by Gasteiger charge is -2.37. The molecule has 0 unspecified atom stereocenters. The lowest BCUT2D eigenvalue weighted by Crippen LogP contribution is -2.49. The van der Waals surface area contributed by atoms with E-state index in [2.05, 4.69) is 4.90 Å². The molecule has 1 N–H and O–H groups in total. The van der Waals surface area contributed by atoms with Gasteiger partial charge in [0, 0.05) is 51.3 Å². The summed E-state index contributed by atoms with van der Waals surface area (Å²) in [6, 6.07) is 17.5. The van der Waals surface area contributed by atoms with Gasteiger partial charge < -0.3 is 24.2 Å². The molecule has 3 aromatic rings. The van der Waals surface area contributed by atoms with Gasteiger partial charge in [0.2, 0.25) is 16.8 Å². The zero-order chi connectivity index (χ0) is 30.9. The van der Waals surface area contributed by atoms with Crippen molar-refractivity contribution in [3.8, 4) is 28.4 Å². The molecular weight excluding hydrogens is 570 g/mol. The van der Waals surface area contributed by atoms with Crippen molar-refractivity contribution in [2.75, 3.05) is 47.6 Å². The molecule has 230 valence electrons. The van der Waals surface area contributed by atoms with Crippen molar-refractivity contribution in [1.82, 2.24) is 14.1 Å². The van der Waals surface area contributed by atoms with Gasteiger partial charge in [0.1, 0.15) is 16.7 Å². The van der Waals surface area contributed by atoms with Gasteiger partial charge in [0.05, 0.1) is 6.61 Å². The van der Waals surface area contributed by atoms with Crippen molar-refractivity contribution in [1.29, 1.82) is 0 Å². The minimum atomic E-state index is -3.98. The zero-order valence-corrected chi connectivity index (χ0v) is 26.0. The number of nitrogens with zero attached hydrogens (tertiary/aromatic N) is 3. The van der Waals surface area contributed by atoms with E-state index in [1.54, 1.807) is 57.4 Å². The van der Waals surface area contributed by atoms with Crippen LogP contribution >= 0.6 is 0 Å². The van der Waals surface area contributed by atoms with Crippen molar-refractivity contribution < 1.29 is 32.5 Å². The van der Waals surface area contributed by atoms with Gasteiger partial charge in [0.15, 0.2) is 11.5 Å². The van der Waals surface area contributed by atoms with E-state index in [1.165, 1.54) is 9.21 Å². The third kappa shape index (κ3) is 6.50. The highest BCUT2D eigenvalue weighted by atomic mass is 32.2. The molecule has 0 bridgehead atoms. The van der Waals surface area contributed by atoms with Gasteiger partial charge in [0.25, 0.3) is 5.91 Å². The molecule has 0 spiro atoms. The van der Waals surface area contributed by atoms with Crippen LogP contribution in [0.3, 0.4) is 0 Å². The predicted octanol–water partition coefficient (Wildman–Crippen LogP) is 3.68. The molecule has 43 heavy (non-hydrogen) atoms. The lowest BCUT2D eigenvalue weighted by atomic mass is 10.0. The second-order valence-corrected chi connectivity index (χ2v) is 13.4. The Hall–Kier alpha value is -3.64.